The van der Waals surface area contributed by atoms with Gasteiger partial charge >= 0.3 is 0 Å². The summed E-state index contributed by atoms with van der Waals surface area (Å²) in [6, 6.07) is 0. The normalized spacial score (nSPS) is 18.9. The first-order valence-corrected chi connectivity index (χ1v) is 3.72. The Morgan fingerprint density at radius 3 is 2.73 bits per heavy atom. The molecule has 0 aromatic heterocycles. The quantitative estimate of drug-likeness (QED) is 0.541. The van der Waals surface area contributed by atoms with E-state index in [2.05, 4.69) is 0 Å². The molecule has 0 saturated carbocycles. The van der Waals surface area contributed by atoms with Gasteiger partial charge < -0.3 is 9.64 Å². The van der Waals surface area contributed by atoms with E-state index in [1.807, 2.05) is 6.92 Å². The van der Waals surface area contributed by atoms with Crippen LogP contribution in [0.15, 0.2) is 12.2 Å². The molecule has 62 valence electrons. The Hall–Kier alpha value is -0.830. The summed E-state index contributed by atoms with van der Waals surface area (Å²) in [4.78, 5) is 12.8. The molecule has 1 aliphatic rings. The first-order chi connectivity index (χ1) is 5.27. The molecule has 0 aromatic carbocycles. The fourth-order valence-corrected chi connectivity index (χ4v) is 1.02. The van der Waals surface area contributed by atoms with Crippen LogP contribution in [0.3, 0.4) is 0 Å². The lowest BCUT2D eigenvalue weighted by molar-refractivity contribution is -0.137. The molecule has 0 N–H and O–H groups in total. The van der Waals surface area contributed by atoms with Crippen molar-refractivity contribution in [2.75, 3.05) is 20.2 Å². The van der Waals surface area contributed by atoms with Gasteiger partial charge in [-0.25, -0.2) is 0 Å². The van der Waals surface area contributed by atoms with Crippen LogP contribution in [-0.2, 0) is 9.53 Å². The molecular weight excluding hydrogens is 142 g/mol. The van der Waals surface area contributed by atoms with Crippen molar-refractivity contribution in [2.24, 2.45) is 0 Å². The van der Waals surface area contributed by atoms with E-state index < -0.39 is 0 Å². The van der Waals surface area contributed by atoms with Crippen LogP contribution in [0, 0.1) is 0 Å². The third-order valence-corrected chi connectivity index (χ3v) is 1.80. The van der Waals surface area contributed by atoms with Crippen molar-refractivity contribution < 1.29 is 9.53 Å². The number of hydrogen-bond acceptors (Lipinski definition) is 2. The number of carbonyl (C=O) groups excluding carboxylic acids is 1. The molecule has 3 nitrogen and oxygen atoms in total. The average Bonchev–Trinajstić information content (AvgIpc) is 1.86. The zero-order valence-corrected chi connectivity index (χ0v) is 6.91. The van der Waals surface area contributed by atoms with Crippen LogP contribution in [0.4, 0.5) is 0 Å². The van der Waals surface area contributed by atoms with Gasteiger partial charge in [0.05, 0.1) is 6.10 Å². The summed E-state index contributed by atoms with van der Waals surface area (Å²) >= 11 is 0. The first-order valence-electron chi connectivity index (χ1n) is 3.72. The van der Waals surface area contributed by atoms with Crippen LogP contribution in [-0.4, -0.2) is 37.1 Å². The van der Waals surface area contributed by atoms with Gasteiger partial charge in [-0.3, -0.25) is 4.79 Å². The lowest BCUT2D eigenvalue weighted by atomic mass is 10.1. The molecule has 1 heterocycles. The van der Waals surface area contributed by atoms with E-state index in [0.29, 0.717) is 0 Å². The zero-order chi connectivity index (χ0) is 8.27. The van der Waals surface area contributed by atoms with Gasteiger partial charge in [0.25, 0.3) is 0 Å². The van der Waals surface area contributed by atoms with Crippen molar-refractivity contribution in [1.82, 2.24) is 4.90 Å². The summed E-state index contributed by atoms with van der Waals surface area (Å²) in [7, 11) is 1.67. The molecular formula is C8H13NO2. The first kappa shape index (κ1) is 8.27. The fourth-order valence-electron chi connectivity index (χ4n) is 1.02. The number of amides is 1. The van der Waals surface area contributed by atoms with Crippen LogP contribution < -0.4 is 0 Å². The Bertz CT molecular complexity index is 171. The summed E-state index contributed by atoms with van der Waals surface area (Å²) in [6.07, 6.45) is 3.58. The fraction of sp³-hybridized carbons (Fsp3) is 0.625. The largest absolute Gasteiger partial charge is 0.378 e. The Kier molecular flexibility index (Phi) is 2.65. The number of carbonyl (C=O) groups is 1. The maximum absolute atomic E-state index is 11.1. The minimum atomic E-state index is 0.0841. The van der Waals surface area contributed by atoms with Crippen LogP contribution in [0.25, 0.3) is 0 Å². The summed E-state index contributed by atoms with van der Waals surface area (Å²) < 4.78 is 5.03. The number of likely N-dealkylation sites (tertiary alicyclic amines) is 1. The minimum Gasteiger partial charge on any atom is -0.378 e. The molecule has 1 fully saturated rings. The number of hydrogen-bond donors (Lipinski definition) is 0. The SMILES string of the molecule is C/C=C/C(=O)N1CC(OC)C1. The van der Waals surface area contributed by atoms with Crippen molar-refractivity contribution in [1.29, 1.82) is 0 Å². The van der Waals surface area contributed by atoms with Gasteiger partial charge in [-0.2, -0.15) is 0 Å². The van der Waals surface area contributed by atoms with Crippen molar-refractivity contribution in [3.8, 4) is 0 Å². The van der Waals surface area contributed by atoms with Gasteiger partial charge in [0, 0.05) is 20.2 Å². The van der Waals surface area contributed by atoms with Crippen molar-refractivity contribution in [3.05, 3.63) is 12.2 Å². The lowest BCUT2D eigenvalue weighted by Crippen LogP contribution is -2.53. The Morgan fingerprint density at radius 1 is 1.64 bits per heavy atom. The number of ether oxygens (including phenoxy) is 1. The van der Waals surface area contributed by atoms with E-state index in [-0.39, 0.29) is 12.0 Å². The second kappa shape index (κ2) is 3.53. The molecule has 0 aromatic rings. The number of nitrogens with zero attached hydrogens (tertiary/aromatic N) is 1. The van der Waals surface area contributed by atoms with Crippen LogP contribution in [0.2, 0.25) is 0 Å². The van der Waals surface area contributed by atoms with Crippen LogP contribution in [0.5, 0.6) is 0 Å². The number of methoxy groups -OCH3 is 1. The van der Waals surface area contributed by atoms with Crippen molar-refractivity contribution in [2.45, 2.75) is 13.0 Å². The van der Waals surface area contributed by atoms with E-state index >= 15 is 0 Å². The monoisotopic (exact) mass is 155 g/mol. The minimum absolute atomic E-state index is 0.0841. The van der Waals surface area contributed by atoms with E-state index in [1.54, 1.807) is 24.2 Å². The second-order valence-electron chi connectivity index (χ2n) is 2.60. The average molecular weight is 155 g/mol. The third-order valence-electron chi connectivity index (χ3n) is 1.80. The molecule has 1 saturated heterocycles. The predicted octanol–water partition coefficient (Wildman–Crippen LogP) is 0.420. The van der Waals surface area contributed by atoms with E-state index in [1.165, 1.54) is 0 Å². The lowest BCUT2D eigenvalue weighted by Gasteiger charge is -2.37. The highest BCUT2D eigenvalue weighted by Crippen LogP contribution is 2.10. The van der Waals surface area contributed by atoms with Crippen LogP contribution in [0.1, 0.15) is 6.92 Å². The van der Waals surface area contributed by atoms with Crippen molar-refractivity contribution in [3.63, 3.8) is 0 Å². The van der Waals surface area contributed by atoms with E-state index in [4.69, 9.17) is 4.74 Å². The van der Waals surface area contributed by atoms with Gasteiger partial charge in [-0.15, -0.1) is 0 Å². The van der Waals surface area contributed by atoms with Gasteiger partial charge in [-0.05, 0) is 13.0 Å². The van der Waals surface area contributed by atoms with Gasteiger partial charge in [-0.1, -0.05) is 6.08 Å². The number of rotatable bonds is 2. The zero-order valence-electron chi connectivity index (χ0n) is 6.91. The van der Waals surface area contributed by atoms with Crippen molar-refractivity contribution >= 4 is 5.91 Å². The smallest absolute Gasteiger partial charge is 0.246 e. The Morgan fingerprint density at radius 2 is 2.27 bits per heavy atom. The molecule has 1 aliphatic heterocycles. The van der Waals surface area contributed by atoms with E-state index in [9.17, 15) is 4.79 Å². The Labute approximate surface area is 66.6 Å². The highest BCUT2D eigenvalue weighted by molar-refractivity contribution is 5.88. The van der Waals surface area contributed by atoms with E-state index in [0.717, 1.165) is 13.1 Å². The summed E-state index contributed by atoms with van der Waals surface area (Å²) in [5.74, 6) is 0.0841. The molecule has 0 atom stereocenters. The molecule has 0 spiro atoms. The highest BCUT2D eigenvalue weighted by atomic mass is 16.5. The predicted molar refractivity (Wildman–Crippen MR) is 42.2 cm³/mol. The molecule has 1 rings (SSSR count). The third kappa shape index (κ3) is 1.80. The molecule has 1 amide bonds. The summed E-state index contributed by atoms with van der Waals surface area (Å²) in [5.41, 5.74) is 0. The Balaban J connectivity index is 2.26. The van der Waals surface area contributed by atoms with Gasteiger partial charge in [0.15, 0.2) is 0 Å². The maximum atomic E-state index is 11.1. The summed E-state index contributed by atoms with van der Waals surface area (Å²) in [6.45, 7) is 3.31. The molecule has 0 unspecified atom stereocenters. The number of allylic oxidation sites excluding steroid dienone is 1. The van der Waals surface area contributed by atoms with Crippen LogP contribution >= 0.6 is 0 Å². The van der Waals surface area contributed by atoms with Gasteiger partial charge in [0.1, 0.15) is 0 Å². The second-order valence-corrected chi connectivity index (χ2v) is 2.60. The molecule has 11 heavy (non-hydrogen) atoms. The maximum Gasteiger partial charge on any atom is 0.246 e. The topological polar surface area (TPSA) is 29.5 Å². The highest BCUT2D eigenvalue weighted by Gasteiger charge is 2.28. The molecule has 0 bridgehead atoms. The molecule has 0 radical (unpaired) electrons. The standard InChI is InChI=1S/C8H13NO2/c1-3-4-8(10)9-5-7(6-9)11-2/h3-4,7H,5-6H2,1-2H3/b4-3+. The van der Waals surface area contributed by atoms with Gasteiger partial charge in [0.2, 0.25) is 5.91 Å². The molecule has 3 heteroatoms. The summed E-state index contributed by atoms with van der Waals surface area (Å²) in [5, 5.41) is 0. The molecule has 0 aliphatic carbocycles.